The molecule has 0 radical (unpaired) electrons. The van der Waals surface area contributed by atoms with Crippen molar-refractivity contribution in [3.63, 3.8) is 0 Å². The highest BCUT2D eigenvalue weighted by molar-refractivity contribution is 5.99. The maximum Gasteiger partial charge on any atom is 0.220 e. The second kappa shape index (κ2) is 43.2. The molecular weight excluding hydrogens is 1660 g/mol. The number of nitrogens with zero attached hydrogens (tertiary/aromatic N) is 6. The molecule has 0 amide bonds. The fraction of sp³-hybridized carbons (Fsp3) is 0.313. The van der Waals surface area contributed by atoms with E-state index in [-0.39, 0.29) is 5.92 Å². The number of benzene rings is 12. The Bertz CT molecular complexity index is 8330. The van der Waals surface area contributed by atoms with E-state index in [1.165, 1.54) is 134 Å². The highest BCUT2D eigenvalue weighted by atomic mass is 14.9. The van der Waals surface area contributed by atoms with Crippen LogP contribution in [-0.4, -0.2) is 0 Å². The van der Waals surface area contributed by atoms with Gasteiger partial charge in [0.1, 0.15) is 42.3 Å². The summed E-state index contributed by atoms with van der Waals surface area (Å²) in [6, 6.07) is 77.1. The van der Waals surface area contributed by atoms with E-state index in [1.54, 1.807) is 30.3 Å². The summed E-state index contributed by atoms with van der Waals surface area (Å²) in [7, 11) is 12.2. The highest BCUT2D eigenvalue weighted by Crippen LogP contribution is 2.40. The van der Waals surface area contributed by atoms with Crippen molar-refractivity contribution < 1.29 is 49.3 Å². The van der Waals surface area contributed by atoms with Crippen LogP contribution in [0.3, 0.4) is 0 Å². The lowest BCUT2D eigenvalue weighted by atomic mass is 9.93. The molecule has 6 aromatic heterocycles. The van der Waals surface area contributed by atoms with Crippen LogP contribution in [0.5, 0.6) is 0 Å². The molecule has 702 valence electrons. The molecule has 6 heterocycles. The molecule has 1 atom stereocenters. The monoisotopic (exact) mass is 1830 g/mol. The van der Waals surface area contributed by atoms with Gasteiger partial charge in [0.05, 0.1) is 65.7 Å². The first-order valence-corrected chi connectivity index (χ1v) is 48.3. The maximum atomic E-state index is 8.42. The smallest absolute Gasteiger partial charge is 0.200 e. The first-order valence-electron chi connectivity index (χ1n) is 56.3. The summed E-state index contributed by atoms with van der Waals surface area (Å²) in [5, 5.41) is 13.6. The van der Waals surface area contributed by atoms with Crippen molar-refractivity contribution in [2.75, 3.05) is 0 Å². The summed E-state index contributed by atoms with van der Waals surface area (Å²) in [5.41, 5.74) is 36.4. The first-order chi connectivity index (χ1) is 71.2. The van der Waals surface area contributed by atoms with E-state index >= 15 is 0 Å². The Morgan fingerprint density at radius 2 is 0.504 bits per heavy atom. The van der Waals surface area contributed by atoms with Gasteiger partial charge in [-0.3, -0.25) is 0 Å². The number of aryl methyl sites for hydroxylation is 18. The fourth-order valence-corrected chi connectivity index (χ4v) is 19.4. The molecule has 0 aliphatic heterocycles. The van der Waals surface area contributed by atoms with Gasteiger partial charge in [-0.05, 0) is 366 Å². The molecule has 0 aliphatic rings. The van der Waals surface area contributed by atoms with E-state index in [2.05, 4.69) is 271 Å². The number of rotatable bonds is 13. The predicted octanol–water partition coefficient (Wildman–Crippen LogP) is 31.3. The van der Waals surface area contributed by atoms with Crippen molar-refractivity contribution in [1.29, 1.82) is 0 Å². The van der Waals surface area contributed by atoms with Gasteiger partial charge in [0.15, 0.2) is 37.2 Å². The van der Waals surface area contributed by atoms with Crippen molar-refractivity contribution in [1.82, 2.24) is 0 Å². The molecule has 0 spiro atoms. The number of aromatic nitrogens is 6. The van der Waals surface area contributed by atoms with Crippen molar-refractivity contribution in [3.8, 4) is 67.5 Å². The lowest BCUT2D eigenvalue weighted by Gasteiger charge is -2.12. The quantitative estimate of drug-likeness (QED) is 0.103. The lowest BCUT2D eigenvalue weighted by molar-refractivity contribution is -0.659. The number of fused-ring (bicyclic) bond motifs is 6. The Labute approximate surface area is 844 Å². The fourth-order valence-electron chi connectivity index (χ4n) is 19.4. The third-order valence-electron chi connectivity index (χ3n) is 27.2. The van der Waals surface area contributed by atoms with Crippen LogP contribution < -0.4 is 27.4 Å². The lowest BCUT2D eigenvalue weighted by Crippen LogP contribution is -2.30. The van der Waals surface area contributed by atoms with E-state index in [9.17, 15) is 0 Å². The van der Waals surface area contributed by atoms with Gasteiger partial charge >= 0.3 is 0 Å². The van der Waals surface area contributed by atoms with Crippen LogP contribution in [0.15, 0.2) is 262 Å². The molecule has 0 saturated heterocycles. The van der Waals surface area contributed by atoms with Crippen LogP contribution in [0.2, 0.25) is 0 Å². The Kier molecular flexibility index (Phi) is 25.6. The summed E-state index contributed by atoms with van der Waals surface area (Å²) in [5.74, 6) is -1.30. The summed E-state index contributed by atoms with van der Waals surface area (Å²) >= 11 is 0. The average Bonchev–Trinajstić information content (AvgIpc) is 0.753. The Hall–Kier alpha value is -12.9. The molecule has 6 nitrogen and oxygen atoms in total. The van der Waals surface area contributed by atoms with E-state index in [0.717, 1.165) is 106 Å². The Balaban J connectivity index is 0.000000153. The van der Waals surface area contributed by atoms with E-state index in [1.807, 2.05) is 189 Å². The van der Waals surface area contributed by atoms with Crippen LogP contribution >= 0.6 is 0 Å². The van der Waals surface area contributed by atoms with Crippen molar-refractivity contribution >= 4 is 64.6 Å². The van der Waals surface area contributed by atoms with Gasteiger partial charge in [-0.15, -0.1) is 0 Å². The van der Waals surface area contributed by atoms with Crippen molar-refractivity contribution in [2.24, 2.45) is 54.1 Å². The zero-order valence-electron chi connectivity index (χ0n) is 103. The molecule has 1 unspecified atom stereocenters. The van der Waals surface area contributed by atoms with Gasteiger partial charge in [-0.25, -0.2) is 27.4 Å². The average molecular weight is 1830 g/mol. The Morgan fingerprint density at radius 1 is 0.248 bits per heavy atom. The summed E-state index contributed by atoms with van der Waals surface area (Å²) in [4.78, 5) is 0. The molecule has 137 heavy (non-hydrogen) atoms. The van der Waals surface area contributed by atoms with Crippen LogP contribution in [0.1, 0.15) is 237 Å². The molecule has 0 bridgehead atoms. The zero-order valence-corrected chi connectivity index (χ0v) is 86.9. The summed E-state index contributed by atoms with van der Waals surface area (Å²) < 4.78 is 140. The van der Waals surface area contributed by atoms with Crippen LogP contribution in [0.4, 0.5) is 0 Å². The molecule has 12 aromatic carbocycles. The van der Waals surface area contributed by atoms with Gasteiger partial charge in [0, 0.05) is 58.3 Å². The van der Waals surface area contributed by atoms with Crippen LogP contribution in [0.25, 0.3) is 132 Å². The predicted molar refractivity (Wildman–Crippen MR) is 588 cm³/mol. The van der Waals surface area contributed by atoms with Crippen molar-refractivity contribution in [3.05, 3.63) is 390 Å². The molecule has 0 saturated carbocycles. The van der Waals surface area contributed by atoms with Gasteiger partial charge < -0.3 is 0 Å². The molecule has 0 fully saturated rings. The molecular formula is C131H154N6+6. The SMILES string of the molecule is Cc1cc(C)c(C)c(-c2c3ccc(C(C)C)cc3cc[n+]2C)c1.Cc1cc(C)c(C)c(-c2c3ccc(CC(C)C)cc3cc[n+]2C)c1.Cc1cc(C)c(C)c(-c2c3ccccc3cc[n+]2C)c1.[2H]C([2H])([2H])c1cc(C)cc(-c2c3ccc(C([2H])(C)C([2H])([2H])[2H])cc3cc[n+]2C)c1C.[2H]C([2H])([2H])c1cc(C)cc(-c2c3ccc(C([2H])(C)C)cc3cc[n+]2C)c1C.[2H]C([2H])([2H])c1cc(C)cc(-c2c3ccc(C([2H])([2H])C(C)C)cc3cc[n+]2C)c1C. The largest absolute Gasteiger partial charge is 0.220 e. The van der Waals surface area contributed by atoms with Gasteiger partial charge in [-0.1, -0.05) is 218 Å². The van der Waals surface area contributed by atoms with Gasteiger partial charge in [0.2, 0.25) is 34.2 Å². The second-order valence-corrected chi connectivity index (χ2v) is 39.8. The standard InChI is InChI=1S/2C23H28N.3C22H26N.C19H20N/c2*1-15(2)11-19-7-8-21-20(14-19)9-10-24(6)23(21)22-13-16(3)12-17(4)18(22)5;3*1-14(2)18-7-8-20-19(13-18)9-10-23(6)22(20)21-12-15(3)11-16(4)17(21)5;1-13-11-14(2)15(3)18(12-13)19-17-8-6-5-7-16(17)9-10-20(19)4/h2*7-10,12-15H,11H2,1-6H3;3*7-14H,1-6H3;5-12H,1-4H3/q6*+1/i4D3,11D2;;1D3,4D3,14D;4D3,14D;;. The minimum atomic E-state index is -2.45. The highest BCUT2D eigenvalue weighted by Gasteiger charge is 2.27. The van der Waals surface area contributed by atoms with E-state index < -0.39 is 45.6 Å². The molecule has 0 aliphatic carbocycles. The van der Waals surface area contributed by atoms with Crippen LogP contribution in [-0.2, 0) is 55.1 Å². The minimum Gasteiger partial charge on any atom is -0.200 e. The third kappa shape index (κ3) is 22.8. The van der Waals surface area contributed by atoms with Gasteiger partial charge in [0.25, 0.3) is 0 Å². The van der Waals surface area contributed by atoms with Crippen molar-refractivity contribution in [2.45, 2.75) is 224 Å². The molecule has 6 heteroatoms. The molecule has 18 aromatic rings. The van der Waals surface area contributed by atoms with E-state index in [0.29, 0.717) is 45.2 Å². The third-order valence-corrected chi connectivity index (χ3v) is 27.2. The van der Waals surface area contributed by atoms with Crippen LogP contribution in [0, 0.1) is 136 Å². The first kappa shape index (κ1) is 81.3. The number of hydrogen-bond acceptors (Lipinski definition) is 0. The normalized spacial score (nSPS) is 14.1. The number of pyridine rings is 6. The maximum absolute atomic E-state index is 8.42. The van der Waals surface area contributed by atoms with Gasteiger partial charge in [-0.2, -0.15) is 0 Å². The molecule has 18 rings (SSSR count). The minimum absolute atomic E-state index is 0.139. The molecule has 0 N–H and O–H groups in total. The second-order valence-electron chi connectivity index (χ2n) is 39.8. The number of hydrogen-bond donors (Lipinski definition) is 0. The summed E-state index contributed by atoms with van der Waals surface area (Å²) in [6.45, 7) is 40.1. The Morgan fingerprint density at radius 3 is 0.803 bits per heavy atom. The summed E-state index contributed by atoms with van der Waals surface area (Å²) in [6.07, 6.45) is 12.0. The topological polar surface area (TPSA) is 23.3 Å². The van der Waals surface area contributed by atoms with E-state index in [4.69, 9.17) is 21.9 Å². The zero-order chi connectivity index (χ0) is 113.